The third kappa shape index (κ3) is 8.37. The molecule has 0 saturated carbocycles. The zero-order chi connectivity index (χ0) is 21.3. The quantitative estimate of drug-likeness (QED) is 0.431. The topological polar surface area (TPSA) is 75.7 Å². The standard InChI is InChI=1S/C21H28N2O4S2/c1-17(2)27-19-12-10-18(11-13-19)23(29(3,25)26)16-21(24)22-14-7-15-28-20-8-5-4-6-9-20/h4-6,8-13,17H,7,14-16H2,1-3H3,(H,22,24). The highest BCUT2D eigenvalue weighted by molar-refractivity contribution is 7.99. The lowest BCUT2D eigenvalue weighted by Gasteiger charge is -2.22. The smallest absolute Gasteiger partial charge is 0.240 e. The van der Waals surface area contributed by atoms with Crippen LogP contribution in [0.1, 0.15) is 20.3 Å². The van der Waals surface area contributed by atoms with Gasteiger partial charge in [-0.2, -0.15) is 0 Å². The summed E-state index contributed by atoms with van der Waals surface area (Å²) < 4.78 is 31.0. The van der Waals surface area contributed by atoms with Crippen molar-refractivity contribution in [2.75, 3.05) is 29.4 Å². The molecule has 0 bridgehead atoms. The van der Waals surface area contributed by atoms with E-state index in [1.807, 2.05) is 44.2 Å². The van der Waals surface area contributed by atoms with Crippen molar-refractivity contribution in [1.29, 1.82) is 0 Å². The van der Waals surface area contributed by atoms with Gasteiger partial charge < -0.3 is 10.1 Å². The molecule has 0 aliphatic carbocycles. The summed E-state index contributed by atoms with van der Waals surface area (Å²) in [6.07, 6.45) is 1.92. The van der Waals surface area contributed by atoms with Gasteiger partial charge in [0.25, 0.3) is 0 Å². The second kappa shape index (κ2) is 11.1. The third-order valence-electron chi connectivity index (χ3n) is 3.84. The van der Waals surface area contributed by atoms with E-state index in [0.29, 0.717) is 18.0 Å². The lowest BCUT2D eigenvalue weighted by atomic mass is 10.3. The molecule has 0 saturated heterocycles. The van der Waals surface area contributed by atoms with Crippen molar-refractivity contribution in [1.82, 2.24) is 5.32 Å². The molecule has 0 radical (unpaired) electrons. The number of thioether (sulfide) groups is 1. The molecule has 29 heavy (non-hydrogen) atoms. The Bertz CT molecular complexity index is 869. The predicted molar refractivity (Wildman–Crippen MR) is 119 cm³/mol. The molecular formula is C21H28N2O4S2. The van der Waals surface area contributed by atoms with Crippen LogP contribution in [0.15, 0.2) is 59.5 Å². The molecular weight excluding hydrogens is 408 g/mol. The van der Waals surface area contributed by atoms with Crippen LogP contribution in [0.2, 0.25) is 0 Å². The molecule has 0 aromatic heterocycles. The normalized spacial score (nSPS) is 11.3. The number of rotatable bonds is 11. The maximum atomic E-state index is 12.3. The van der Waals surface area contributed by atoms with Crippen molar-refractivity contribution in [3.63, 3.8) is 0 Å². The van der Waals surface area contributed by atoms with Gasteiger partial charge in [-0.15, -0.1) is 11.8 Å². The lowest BCUT2D eigenvalue weighted by molar-refractivity contribution is -0.119. The number of hydrogen-bond acceptors (Lipinski definition) is 5. The Morgan fingerprint density at radius 1 is 1.10 bits per heavy atom. The second-order valence-electron chi connectivity index (χ2n) is 6.80. The van der Waals surface area contributed by atoms with Crippen LogP contribution in [0, 0.1) is 0 Å². The average molecular weight is 437 g/mol. The van der Waals surface area contributed by atoms with Crippen LogP contribution in [0.3, 0.4) is 0 Å². The van der Waals surface area contributed by atoms with E-state index in [-0.39, 0.29) is 18.6 Å². The van der Waals surface area contributed by atoms with Crippen LogP contribution in [-0.4, -0.2) is 45.5 Å². The Balaban J connectivity index is 1.85. The summed E-state index contributed by atoms with van der Waals surface area (Å²) in [6.45, 7) is 4.07. The van der Waals surface area contributed by atoms with E-state index in [0.717, 1.165) is 22.7 Å². The number of amides is 1. The first-order chi connectivity index (χ1) is 13.8. The molecule has 1 amide bonds. The summed E-state index contributed by atoms with van der Waals surface area (Å²) in [4.78, 5) is 13.5. The zero-order valence-electron chi connectivity index (χ0n) is 17.0. The van der Waals surface area contributed by atoms with E-state index in [9.17, 15) is 13.2 Å². The largest absolute Gasteiger partial charge is 0.491 e. The molecule has 2 rings (SSSR count). The molecule has 0 heterocycles. The number of anilines is 1. The van der Waals surface area contributed by atoms with Gasteiger partial charge in [-0.1, -0.05) is 18.2 Å². The fourth-order valence-corrected chi connectivity index (χ4v) is 4.29. The van der Waals surface area contributed by atoms with Gasteiger partial charge in [0.05, 0.1) is 18.0 Å². The molecule has 158 valence electrons. The van der Waals surface area contributed by atoms with E-state index in [1.165, 1.54) is 4.90 Å². The Kier molecular flexibility index (Phi) is 8.85. The highest BCUT2D eigenvalue weighted by Gasteiger charge is 2.20. The number of nitrogens with zero attached hydrogens (tertiary/aromatic N) is 1. The number of benzene rings is 2. The summed E-state index contributed by atoms with van der Waals surface area (Å²) >= 11 is 1.72. The summed E-state index contributed by atoms with van der Waals surface area (Å²) in [5.41, 5.74) is 0.429. The van der Waals surface area contributed by atoms with Crippen molar-refractivity contribution in [3.05, 3.63) is 54.6 Å². The summed E-state index contributed by atoms with van der Waals surface area (Å²) in [6, 6.07) is 16.7. The van der Waals surface area contributed by atoms with Gasteiger partial charge in [0, 0.05) is 11.4 Å². The fraction of sp³-hybridized carbons (Fsp3) is 0.381. The van der Waals surface area contributed by atoms with Crippen molar-refractivity contribution in [3.8, 4) is 5.75 Å². The Labute approximate surface area is 177 Å². The number of carbonyl (C=O) groups excluding carboxylic acids is 1. The molecule has 0 fully saturated rings. The Morgan fingerprint density at radius 3 is 2.34 bits per heavy atom. The number of hydrogen-bond donors (Lipinski definition) is 1. The second-order valence-corrected chi connectivity index (χ2v) is 9.87. The minimum atomic E-state index is -3.59. The zero-order valence-corrected chi connectivity index (χ0v) is 18.6. The number of carbonyl (C=O) groups is 1. The highest BCUT2D eigenvalue weighted by atomic mass is 32.2. The minimum Gasteiger partial charge on any atom is -0.491 e. The van der Waals surface area contributed by atoms with Gasteiger partial charge in [0.1, 0.15) is 12.3 Å². The van der Waals surface area contributed by atoms with Crippen LogP contribution >= 0.6 is 11.8 Å². The minimum absolute atomic E-state index is 0.0256. The summed E-state index contributed by atoms with van der Waals surface area (Å²) in [7, 11) is -3.59. The van der Waals surface area contributed by atoms with Crippen molar-refractivity contribution < 1.29 is 17.9 Å². The average Bonchev–Trinajstić information content (AvgIpc) is 2.66. The third-order valence-corrected chi connectivity index (χ3v) is 6.08. The fourth-order valence-electron chi connectivity index (χ4n) is 2.56. The maximum Gasteiger partial charge on any atom is 0.240 e. The number of sulfonamides is 1. The van der Waals surface area contributed by atoms with E-state index >= 15 is 0 Å². The molecule has 1 N–H and O–H groups in total. The number of ether oxygens (including phenoxy) is 1. The molecule has 0 atom stereocenters. The molecule has 2 aromatic carbocycles. The summed E-state index contributed by atoms with van der Waals surface area (Å²) in [5, 5.41) is 2.80. The van der Waals surface area contributed by atoms with Crippen LogP contribution in [0.5, 0.6) is 5.75 Å². The Hall–Kier alpha value is -2.19. The van der Waals surface area contributed by atoms with Crippen LogP contribution in [0.25, 0.3) is 0 Å². The van der Waals surface area contributed by atoms with Gasteiger partial charge in [-0.3, -0.25) is 9.10 Å². The maximum absolute atomic E-state index is 12.3. The van der Waals surface area contributed by atoms with E-state index < -0.39 is 10.0 Å². The highest BCUT2D eigenvalue weighted by Crippen LogP contribution is 2.22. The Morgan fingerprint density at radius 2 is 1.76 bits per heavy atom. The van der Waals surface area contributed by atoms with Crippen molar-refractivity contribution in [2.45, 2.75) is 31.3 Å². The first-order valence-electron chi connectivity index (χ1n) is 9.44. The lowest BCUT2D eigenvalue weighted by Crippen LogP contribution is -2.40. The molecule has 0 aliphatic heterocycles. The molecule has 0 unspecified atom stereocenters. The van der Waals surface area contributed by atoms with Gasteiger partial charge in [-0.05, 0) is 62.4 Å². The summed E-state index contributed by atoms with van der Waals surface area (Å²) in [5.74, 6) is 1.19. The molecule has 0 spiro atoms. The first-order valence-corrected chi connectivity index (χ1v) is 12.3. The van der Waals surface area contributed by atoms with E-state index in [4.69, 9.17) is 4.74 Å². The van der Waals surface area contributed by atoms with Gasteiger partial charge >= 0.3 is 0 Å². The first kappa shape index (κ1) is 23.1. The van der Waals surface area contributed by atoms with Gasteiger partial charge in [0.15, 0.2) is 0 Å². The van der Waals surface area contributed by atoms with Crippen molar-refractivity contribution >= 4 is 33.4 Å². The molecule has 6 nitrogen and oxygen atoms in total. The molecule has 2 aromatic rings. The SMILES string of the molecule is CC(C)Oc1ccc(N(CC(=O)NCCCSc2ccccc2)S(C)(=O)=O)cc1. The van der Waals surface area contributed by atoms with E-state index in [1.54, 1.807) is 36.0 Å². The van der Waals surface area contributed by atoms with Crippen LogP contribution in [0.4, 0.5) is 5.69 Å². The molecule has 8 heteroatoms. The van der Waals surface area contributed by atoms with Gasteiger partial charge in [-0.25, -0.2) is 8.42 Å². The monoisotopic (exact) mass is 436 g/mol. The van der Waals surface area contributed by atoms with Crippen LogP contribution < -0.4 is 14.4 Å². The van der Waals surface area contributed by atoms with Gasteiger partial charge in [0.2, 0.25) is 15.9 Å². The van der Waals surface area contributed by atoms with Crippen LogP contribution in [-0.2, 0) is 14.8 Å². The molecule has 0 aliphatic rings. The number of nitrogens with one attached hydrogen (secondary N) is 1. The van der Waals surface area contributed by atoms with Crippen molar-refractivity contribution in [2.24, 2.45) is 0 Å². The predicted octanol–water partition coefficient (Wildman–Crippen LogP) is 3.54. The van der Waals surface area contributed by atoms with E-state index in [2.05, 4.69) is 5.32 Å².